The summed E-state index contributed by atoms with van der Waals surface area (Å²) < 4.78 is 0. The van der Waals surface area contributed by atoms with Crippen molar-refractivity contribution < 1.29 is 0 Å². The van der Waals surface area contributed by atoms with Crippen LogP contribution in [-0.2, 0) is 0 Å². The number of thiocarbonyl (C=S) groups is 2. The molecule has 4 aromatic rings. The van der Waals surface area contributed by atoms with E-state index in [1.165, 1.54) is 0 Å². The van der Waals surface area contributed by atoms with Crippen molar-refractivity contribution in [2.75, 3.05) is 9.80 Å². The van der Waals surface area contributed by atoms with Crippen molar-refractivity contribution in [2.45, 2.75) is 9.79 Å². The van der Waals surface area contributed by atoms with Crippen molar-refractivity contribution in [2.24, 2.45) is 11.5 Å². The molecule has 164 valence electrons. The Morgan fingerprint density at radius 3 is 1.09 bits per heavy atom. The first-order chi connectivity index (χ1) is 16.0. The molecule has 0 bridgehead atoms. The summed E-state index contributed by atoms with van der Waals surface area (Å²) >= 11 is 12.2. The van der Waals surface area contributed by atoms with Gasteiger partial charge >= 0.3 is 0 Å². The van der Waals surface area contributed by atoms with Crippen LogP contribution in [0.15, 0.2) is 119 Å². The van der Waals surface area contributed by atoms with Gasteiger partial charge in [0.25, 0.3) is 0 Å². The first kappa shape index (κ1) is 22.8. The van der Waals surface area contributed by atoms with Crippen LogP contribution >= 0.6 is 36.2 Å². The zero-order valence-corrected chi connectivity index (χ0v) is 20.1. The number of nitrogens with zero attached hydrogens (tertiary/aromatic N) is 2. The summed E-state index contributed by atoms with van der Waals surface area (Å²) in [7, 11) is 0. The van der Waals surface area contributed by atoms with Crippen LogP contribution in [0.2, 0.25) is 0 Å². The highest BCUT2D eigenvalue weighted by Gasteiger charge is 2.13. The van der Waals surface area contributed by atoms with Crippen LogP contribution in [0.4, 0.5) is 22.7 Å². The van der Waals surface area contributed by atoms with E-state index < -0.39 is 0 Å². The Morgan fingerprint density at radius 2 is 0.788 bits per heavy atom. The lowest BCUT2D eigenvalue weighted by Gasteiger charge is -2.23. The van der Waals surface area contributed by atoms with Gasteiger partial charge in [-0.1, -0.05) is 48.2 Å². The van der Waals surface area contributed by atoms with Gasteiger partial charge in [0.2, 0.25) is 0 Å². The van der Waals surface area contributed by atoms with Gasteiger partial charge < -0.3 is 11.5 Å². The van der Waals surface area contributed by atoms with Crippen LogP contribution in [0.3, 0.4) is 0 Å². The fraction of sp³-hybridized carbons (Fsp3) is 0. The van der Waals surface area contributed by atoms with Crippen LogP contribution in [-0.4, -0.2) is 10.2 Å². The van der Waals surface area contributed by atoms with Crippen LogP contribution in [0.25, 0.3) is 0 Å². The molecule has 0 aliphatic heterocycles. The molecule has 4 N–H and O–H groups in total. The zero-order valence-electron chi connectivity index (χ0n) is 17.7. The molecule has 4 rings (SSSR count). The summed E-state index contributed by atoms with van der Waals surface area (Å²) in [6.07, 6.45) is 0. The third kappa shape index (κ3) is 5.51. The molecule has 0 aliphatic carbocycles. The molecule has 0 spiro atoms. The highest BCUT2D eigenvalue weighted by atomic mass is 32.2. The molecule has 0 saturated heterocycles. The number of benzene rings is 4. The Bertz CT molecular complexity index is 1130. The third-order valence-electron chi connectivity index (χ3n) is 4.90. The van der Waals surface area contributed by atoms with Gasteiger partial charge in [-0.3, -0.25) is 9.80 Å². The molecule has 0 heterocycles. The van der Waals surface area contributed by atoms with Crippen LogP contribution < -0.4 is 21.3 Å². The van der Waals surface area contributed by atoms with Crippen molar-refractivity contribution in [3.63, 3.8) is 0 Å². The molecule has 0 atom stereocenters. The molecule has 0 saturated carbocycles. The number of rotatable bonds is 6. The molecule has 4 nitrogen and oxygen atoms in total. The first-order valence-electron chi connectivity index (χ1n) is 10.2. The van der Waals surface area contributed by atoms with E-state index in [1.54, 1.807) is 11.8 Å². The van der Waals surface area contributed by atoms with Crippen molar-refractivity contribution in [1.82, 2.24) is 0 Å². The second-order valence-corrected chi connectivity index (χ2v) is 9.09. The summed E-state index contributed by atoms with van der Waals surface area (Å²) in [4.78, 5) is 5.92. The standard InChI is InChI=1S/C26H22N4S3/c27-25(31)29(19-7-3-1-4-8-19)21-11-15-23(16-12-21)33-24-17-13-22(14-18-24)30(26(28)32)20-9-5-2-6-10-20/h1-18H,(H2,27,31)(H2,28,32). The Morgan fingerprint density at radius 1 is 0.485 bits per heavy atom. The number of para-hydroxylation sites is 2. The minimum Gasteiger partial charge on any atom is -0.376 e. The van der Waals surface area contributed by atoms with E-state index in [0.717, 1.165) is 32.5 Å². The Balaban J connectivity index is 1.50. The van der Waals surface area contributed by atoms with E-state index in [2.05, 4.69) is 24.3 Å². The summed E-state index contributed by atoms with van der Waals surface area (Å²) in [5, 5.41) is 0.607. The molecular weight excluding hydrogens is 465 g/mol. The highest BCUT2D eigenvalue weighted by Crippen LogP contribution is 2.33. The van der Waals surface area contributed by atoms with Gasteiger partial charge in [0.1, 0.15) is 0 Å². The predicted octanol–water partition coefficient (Wildman–Crippen LogP) is 6.60. The van der Waals surface area contributed by atoms with Crippen molar-refractivity contribution in [3.8, 4) is 0 Å². The lowest BCUT2D eigenvalue weighted by atomic mass is 10.2. The Hall–Kier alpha value is -3.39. The zero-order chi connectivity index (χ0) is 23.2. The molecule has 4 aromatic carbocycles. The van der Waals surface area contributed by atoms with Gasteiger partial charge in [-0.2, -0.15) is 0 Å². The van der Waals surface area contributed by atoms with Gasteiger partial charge in [0, 0.05) is 32.5 Å². The molecule has 0 radical (unpaired) electrons. The molecule has 0 aliphatic rings. The molecule has 0 fully saturated rings. The van der Waals surface area contributed by atoms with Crippen molar-refractivity contribution >= 4 is 69.2 Å². The normalized spacial score (nSPS) is 10.4. The fourth-order valence-electron chi connectivity index (χ4n) is 3.42. The average Bonchev–Trinajstić information content (AvgIpc) is 2.83. The molecule has 7 heteroatoms. The summed E-state index contributed by atoms with van der Waals surface area (Å²) in [5.41, 5.74) is 15.7. The maximum absolute atomic E-state index is 5.99. The van der Waals surface area contributed by atoms with Gasteiger partial charge in [-0.15, -0.1) is 0 Å². The van der Waals surface area contributed by atoms with Gasteiger partial charge in [0.15, 0.2) is 10.2 Å². The molecule has 0 aromatic heterocycles. The maximum Gasteiger partial charge on any atom is 0.175 e. The van der Waals surface area contributed by atoms with Crippen LogP contribution in [0.1, 0.15) is 0 Å². The highest BCUT2D eigenvalue weighted by molar-refractivity contribution is 7.99. The largest absolute Gasteiger partial charge is 0.376 e. The monoisotopic (exact) mass is 486 g/mol. The number of hydrogen-bond acceptors (Lipinski definition) is 3. The summed E-state index contributed by atoms with van der Waals surface area (Å²) in [5.74, 6) is 0. The number of nitrogens with two attached hydrogens (primary N) is 2. The predicted molar refractivity (Wildman–Crippen MR) is 148 cm³/mol. The van der Waals surface area contributed by atoms with E-state index in [1.807, 2.05) is 94.7 Å². The molecule has 0 unspecified atom stereocenters. The summed E-state index contributed by atoms with van der Waals surface area (Å²) in [6.45, 7) is 0. The van der Waals surface area contributed by atoms with Crippen molar-refractivity contribution in [1.29, 1.82) is 0 Å². The lowest BCUT2D eigenvalue weighted by Crippen LogP contribution is -2.31. The minimum atomic E-state index is 0.304. The van der Waals surface area contributed by atoms with E-state index >= 15 is 0 Å². The lowest BCUT2D eigenvalue weighted by molar-refractivity contribution is 1.30. The van der Waals surface area contributed by atoms with Crippen LogP contribution in [0.5, 0.6) is 0 Å². The average molecular weight is 487 g/mol. The maximum atomic E-state index is 5.99. The smallest absolute Gasteiger partial charge is 0.175 e. The fourth-order valence-corrected chi connectivity index (χ4v) is 4.66. The topological polar surface area (TPSA) is 58.5 Å². The van der Waals surface area contributed by atoms with Crippen molar-refractivity contribution in [3.05, 3.63) is 109 Å². The van der Waals surface area contributed by atoms with Gasteiger partial charge in [-0.05, 0) is 97.2 Å². The minimum absolute atomic E-state index is 0.304. The Kier molecular flexibility index (Phi) is 7.24. The summed E-state index contributed by atoms with van der Waals surface area (Å²) in [6, 6.07) is 36.0. The van der Waals surface area contributed by atoms with Gasteiger partial charge in [0.05, 0.1) is 0 Å². The number of hydrogen-bond donors (Lipinski definition) is 2. The Labute approximate surface area is 208 Å². The molecular formula is C26H22N4S3. The quantitative estimate of drug-likeness (QED) is 0.298. The molecule has 33 heavy (non-hydrogen) atoms. The SMILES string of the molecule is NC(=S)N(c1ccccc1)c1ccc(Sc2ccc(N(C(N)=S)c3ccccc3)cc2)cc1. The first-order valence-corrected chi connectivity index (χ1v) is 11.8. The van der Waals surface area contributed by atoms with E-state index in [9.17, 15) is 0 Å². The third-order valence-corrected chi connectivity index (χ3v) is 6.28. The van der Waals surface area contributed by atoms with E-state index in [-0.39, 0.29) is 0 Å². The number of anilines is 4. The molecule has 0 amide bonds. The second kappa shape index (κ2) is 10.5. The second-order valence-electron chi connectivity index (χ2n) is 7.11. The van der Waals surface area contributed by atoms with E-state index in [0.29, 0.717) is 10.2 Å². The van der Waals surface area contributed by atoms with Crippen LogP contribution in [0, 0.1) is 0 Å². The van der Waals surface area contributed by atoms with E-state index in [4.69, 9.17) is 35.9 Å². The van der Waals surface area contributed by atoms with Gasteiger partial charge in [-0.25, -0.2) is 0 Å².